The van der Waals surface area contributed by atoms with Gasteiger partial charge in [-0.2, -0.15) is 0 Å². The van der Waals surface area contributed by atoms with Crippen molar-refractivity contribution in [3.05, 3.63) is 57.8 Å². The standard InChI is InChI=1S/C16H17BClN2/c1-2-11-9-15(19-10-12-5-4-8-17-12)13-6-3-7-14(13)20-16(11)18/h3-5,7-8,19H,2,6,9-10H2,1H3. The predicted octanol–water partition coefficient (Wildman–Crippen LogP) is 3.61. The van der Waals surface area contributed by atoms with Gasteiger partial charge in [0.2, 0.25) is 0 Å². The lowest BCUT2D eigenvalue weighted by molar-refractivity contribution is 0.816. The first kappa shape index (κ1) is 13.5. The van der Waals surface area contributed by atoms with Crippen LogP contribution in [-0.4, -0.2) is 19.5 Å². The number of nitrogens with zero attached hydrogens (tertiary/aromatic N) is 1. The minimum atomic E-state index is 0.664. The number of hydrogen-bond acceptors (Lipinski definition) is 2. The zero-order chi connectivity index (χ0) is 13.9. The number of fused-ring (bicyclic) bond motifs is 1. The van der Waals surface area contributed by atoms with E-state index in [0.29, 0.717) is 5.16 Å². The van der Waals surface area contributed by atoms with Gasteiger partial charge in [0.25, 0.3) is 0 Å². The zero-order valence-corrected chi connectivity index (χ0v) is 12.4. The lowest BCUT2D eigenvalue weighted by Gasteiger charge is -2.15. The van der Waals surface area contributed by atoms with Crippen molar-refractivity contribution in [2.75, 3.05) is 6.54 Å². The number of hydrogen-bond donors (Lipinski definition) is 1. The van der Waals surface area contributed by atoms with Gasteiger partial charge in [0.1, 0.15) is 5.16 Å². The molecular weight excluding hydrogens is 266 g/mol. The highest BCUT2D eigenvalue weighted by Crippen LogP contribution is 2.31. The molecule has 2 nitrogen and oxygen atoms in total. The highest BCUT2D eigenvalue weighted by atomic mass is 35.5. The van der Waals surface area contributed by atoms with Crippen LogP contribution in [0, 0.1) is 0 Å². The summed E-state index contributed by atoms with van der Waals surface area (Å²) in [4.78, 5) is 4.56. The summed E-state index contributed by atoms with van der Waals surface area (Å²) in [7, 11) is 2.14. The van der Waals surface area contributed by atoms with Gasteiger partial charge in [-0.25, -0.2) is 4.99 Å². The maximum absolute atomic E-state index is 6.32. The first-order chi connectivity index (χ1) is 9.78. The molecule has 1 radical (unpaired) electrons. The van der Waals surface area contributed by atoms with Crippen molar-refractivity contribution >= 4 is 24.6 Å². The maximum atomic E-state index is 6.32. The molecule has 2 aliphatic heterocycles. The fourth-order valence-corrected chi connectivity index (χ4v) is 2.93. The Balaban J connectivity index is 1.82. The van der Waals surface area contributed by atoms with E-state index in [-0.39, 0.29) is 0 Å². The molecule has 0 saturated carbocycles. The average Bonchev–Trinajstić information content (AvgIpc) is 3.09. The second kappa shape index (κ2) is 5.88. The zero-order valence-electron chi connectivity index (χ0n) is 11.6. The van der Waals surface area contributed by atoms with Crippen LogP contribution in [0.5, 0.6) is 0 Å². The molecule has 0 spiro atoms. The molecule has 0 saturated heterocycles. The fraction of sp³-hybridized carbons (Fsp3) is 0.312. The van der Waals surface area contributed by atoms with Gasteiger partial charge in [0.05, 0.1) is 5.71 Å². The quantitative estimate of drug-likeness (QED) is 0.618. The lowest BCUT2D eigenvalue weighted by atomic mass is 9.73. The molecule has 3 rings (SSSR count). The Bertz CT molecular complexity index is 606. The molecule has 0 fully saturated rings. The Morgan fingerprint density at radius 1 is 1.45 bits per heavy atom. The van der Waals surface area contributed by atoms with Crippen LogP contribution in [0.15, 0.2) is 62.7 Å². The summed E-state index contributed by atoms with van der Waals surface area (Å²) in [6, 6.07) is 0. The third-order valence-electron chi connectivity index (χ3n) is 3.84. The average molecular weight is 284 g/mol. The van der Waals surface area contributed by atoms with Gasteiger partial charge < -0.3 is 5.32 Å². The van der Waals surface area contributed by atoms with E-state index < -0.39 is 0 Å². The second-order valence-corrected chi connectivity index (χ2v) is 5.49. The van der Waals surface area contributed by atoms with Crippen molar-refractivity contribution in [1.82, 2.24) is 5.32 Å². The van der Waals surface area contributed by atoms with E-state index in [1.54, 1.807) is 0 Å². The topological polar surface area (TPSA) is 24.4 Å². The Hall–Kier alpha value is -1.48. The van der Waals surface area contributed by atoms with Gasteiger partial charge in [0.15, 0.2) is 7.28 Å². The molecule has 0 atom stereocenters. The molecule has 4 heteroatoms. The van der Waals surface area contributed by atoms with Crippen LogP contribution in [0.4, 0.5) is 0 Å². The van der Waals surface area contributed by atoms with E-state index in [1.165, 1.54) is 22.3 Å². The third-order valence-corrected chi connectivity index (χ3v) is 4.19. The smallest absolute Gasteiger partial charge is 0.178 e. The largest absolute Gasteiger partial charge is 0.385 e. The number of allylic oxidation sites excluding steroid dienone is 6. The normalized spacial score (nSPS) is 20.7. The van der Waals surface area contributed by atoms with Crippen molar-refractivity contribution in [2.45, 2.75) is 26.2 Å². The van der Waals surface area contributed by atoms with E-state index in [2.05, 4.69) is 54.8 Å². The van der Waals surface area contributed by atoms with Crippen molar-refractivity contribution < 1.29 is 0 Å². The minimum absolute atomic E-state index is 0.664. The third kappa shape index (κ3) is 2.68. The molecule has 2 heterocycles. The number of nitrogens with one attached hydrogen (secondary N) is 1. The van der Waals surface area contributed by atoms with Gasteiger partial charge in [-0.1, -0.05) is 42.2 Å². The van der Waals surface area contributed by atoms with E-state index in [0.717, 1.165) is 31.5 Å². The Kier molecular flexibility index (Phi) is 3.97. The van der Waals surface area contributed by atoms with Crippen LogP contribution in [0.3, 0.4) is 0 Å². The SMILES string of the molecule is CCC1=C(Cl)N=C2C=CCC2=C(NCC2=CC=C[B]2)C1. The summed E-state index contributed by atoms with van der Waals surface area (Å²) in [5, 5.41) is 4.25. The van der Waals surface area contributed by atoms with Gasteiger partial charge >= 0.3 is 0 Å². The van der Waals surface area contributed by atoms with E-state index in [4.69, 9.17) is 11.6 Å². The van der Waals surface area contributed by atoms with Crippen LogP contribution >= 0.6 is 11.6 Å². The van der Waals surface area contributed by atoms with Crippen molar-refractivity contribution in [3.8, 4) is 0 Å². The van der Waals surface area contributed by atoms with E-state index in [9.17, 15) is 0 Å². The molecule has 101 valence electrons. The Labute approximate surface area is 125 Å². The molecule has 0 bridgehead atoms. The van der Waals surface area contributed by atoms with Crippen molar-refractivity contribution in [2.24, 2.45) is 4.99 Å². The summed E-state index contributed by atoms with van der Waals surface area (Å²) in [6.45, 7) is 2.99. The second-order valence-electron chi connectivity index (χ2n) is 5.13. The number of aliphatic imine (C=N–C) groups is 1. The summed E-state index contributed by atoms with van der Waals surface area (Å²) in [5.41, 5.74) is 6.09. The van der Waals surface area contributed by atoms with E-state index >= 15 is 0 Å². The molecule has 0 aromatic heterocycles. The van der Waals surface area contributed by atoms with Gasteiger partial charge in [-0.3, -0.25) is 0 Å². The first-order valence-electron chi connectivity index (χ1n) is 7.07. The van der Waals surface area contributed by atoms with Crippen molar-refractivity contribution in [1.29, 1.82) is 0 Å². The fourth-order valence-electron chi connectivity index (χ4n) is 2.63. The summed E-state index contributed by atoms with van der Waals surface area (Å²) >= 11 is 6.32. The predicted molar refractivity (Wildman–Crippen MR) is 87.0 cm³/mol. The highest BCUT2D eigenvalue weighted by Gasteiger charge is 2.21. The molecule has 3 aliphatic rings. The number of halogens is 1. The molecule has 0 aromatic rings. The summed E-state index contributed by atoms with van der Waals surface area (Å²) in [6.07, 6.45) is 11.2. The molecular formula is C16H17BClN2. The molecule has 0 amide bonds. The lowest BCUT2D eigenvalue weighted by Crippen LogP contribution is -2.21. The van der Waals surface area contributed by atoms with E-state index in [1.807, 2.05) is 0 Å². The van der Waals surface area contributed by atoms with Crippen molar-refractivity contribution in [3.63, 3.8) is 0 Å². The maximum Gasteiger partial charge on any atom is 0.178 e. The highest BCUT2D eigenvalue weighted by molar-refractivity contribution is 6.52. The Morgan fingerprint density at radius 2 is 2.35 bits per heavy atom. The molecule has 0 unspecified atom stereocenters. The number of rotatable bonds is 4. The monoisotopic (exact) mass is 283 g/mol. The van der Waals surface area contributed by atoms with Crippen LogP contribution in [0.25, 0.3) is 0 Å². The molecule has 0 aromatic carbocycles. The van der Waals surface area contributed by atoms with Gasteiger partial charge in [-0.15, -0.1) is 5.98 Å². The molecule has 1 aliphatic carbocycles. The van der Waals surface area contributed by atoms with Crippen LogP contribution in [0.1, 0.15) is 26.2 Å². The Morgan fingerprint density at radius 3 is 3.10 bits per heavy atom. The minimum Gasteiger partial charge on any atom is -0.385 e. The van der Waals surface area contributed by atoms with Crippen LogP contribution < -0.4 is 5.32 Å². The van der Waals surface area contributed by atoms with Crippen LogP contribution in [-0.2, 0) is 0 Å². The summed E-state index contributed by atoms with van der Waals surface area (Å²) in [5.74, 6) is 2.07. The van der Waals surface area contributed by atoms with Crippen LogP contribution in [0.2, 0.25) is 0 Å². The summed E-state index contributed by atoms with van der Waals surface area (Å²) < 4.78 is 0. The first-order valence-corrected chi connectivity index (χ1v) is 7.45. The van der Waals surface area contributed by atoms with Gasteiger partial charge in [-0.05, 0) is 24.5 Å². The van der Waals surface area contributed by atoms with Gasteiger partial charge in [0, 0.05) is 24.2 Å². The molecule has 20 heavy (non-hydrogen) atoms. The molecule has 1 N–H and O–H groups in total.